The summed E-state index contributed by atoms with van der Waals surface area (Å²) in [6.07, 6.45) is 73.1. The van der Waals surface area contributed by atoms with E-state index in [9.17, 15) is 14.4 Å². The minimum absolute atomic E-state index is 0.107. The van der Waals surface area contributed by atoms with Crippen LogP contribution in [0, 0.1) is 0 Å². The van der Waals surface area contributed by atoms with Crippen LogP contribution in [0.1, 0.15) is 271 Å². The lowest BCUT2D eigenvalue weighted by molar-refractivity contribution is -0.166. The molecule has 0 rings (SSSR count). The fourth-order valence-electron chi connectivity index (χ4n) is 7.86. The molecule has 0 aromatic rings. The molecule has 0 aliphatic rings. The summed E-state index contributed by atoms with van der Waals surface area (Å²) < 4.78 is 16.8. The van der Waals surface area contributed by atoms with Crippen LogP contribution in [0.3, 0.4) is 0 Å². The summed E-state index contributed by atoms with van der Waals surface area (Å²) in [5.41, 5.74) is 0. The zero-order chi connectivity index (χ0) is 49.3. The fraction of sp³-hybridized carbons (Fsp3) is 0.726. The molecule has 0 bridgehead atoms. The first-order valence-corrected chi connectivity index (χ1v) is 28.6. The van der Waals surface area contributed by atoms with Crippen molar-refractivity contribution in [2.75, 3.05) is 13.2 Å². The quantitative estimate of drug-likeness (QED) is 0.0262. The Morgan fingerprint density at radius 1 is 0.309 bits per heavy atom. The number of ether oxygens (including phenoxy) is 3. The Bertz CT molecular complexity index is 1320. The Morgan fingerprint density at radius 3 is 1.00 bits per heavy atom. The third kappa shape index (κ3) is 53.5. The van der Waals surface area contributed by atoms with Crippen molar-refractivity contribution in [2.24, 2.45) is 0 Å². The van der Waals surface area contributed by atoms with Crippen molar-refractivity contribution in [3.63, 3.8) is 0 Å². The van der Waals surface area contributed by atoms with Crippen LogP contribution in [0.5, 0.6) is 0 Å². The van der Waals surface area contributed by atoms with Crippen molar-refractivity contribution < 1.29 is 28.6 Å². The van der Waals surface area contributed by atoms with Gasteiger partial charge in [-0.1, -0.05) is 260 Å². The third-order valence-corrected chi connectivity index (χ3v) is 12.1. The number of hydrogen-bond acceptors (Lipinski definition) is 6. The Hall–Kier alpha value is -3.41. The zero-order valence-corrected chi connectivity index (χ0v) is 44.6. The molecule has 6 nitrogen and oxygen atoms in total. The van der Waals surface area contributed by atoms with Gasteiger partial charge in [-0.25, -0.2) is 0 Å². The number of esters is 3. The van der Waals surface area contributed by atoms with Crippen LogP contribution in [0.25, 0.3) is 0 Å². The number of carbonyl (C=O) groups is 3. The van der Waals surface area contributed by atoms with Gasteiger partial charge in [-0.15, -0.1) is 0 Å². The monoisotopic (exact) mass is 947 g/mol. The van der Waals surface area contributed by atoms with Gasteiger partial charge in [-0.2, -0.15) is 0 Å². The fourth-order valence-corrected chi connectivity index (χ4v) is 7.86. The molecule has 0 radical (unpaired) electrons. The van der Waals surface area contributed by atoms with Gasteiger partial charge < -0.3 is 14.2 Å². The molecule has 0 heterocycles. The van der Waals surface area contributed by atoms with E-state index in [1.807, 2.05) is 6.08 Å². The molecule has 68 heavy (non-hydrogen) atoms. The molecule has 0 N–H and O–H groups in total. The first-order chi connectivity index (χ1) is 33.5. The van der Waals surface area contributed by atoms with E-state index in [1.165, 1.54) is 135 Å². The van der Waals surface area contributed by atoms with Gasteiger partial charge in [0.15, 0.2) is 6.10 Å². The van der Waals surface area contributed by atoms with Crippen LogP contribution in [-0.4, -0.2) is 37.2 Å². The van der Waals surface area contributed by atoms with Gasteiger partial charge in [0.2, 0.25) is 0 Å². The average Bonchev–Trinajstić information content (AvgIpc) is 3.34. The van der Waals surface area contributed by atoms with E-state index in [4.69, 9.17) is 14.2 Å². The predicted octanol–water partition coefficient (Wildman–Crippen LogP) is 19.2. The zero-order valence-electron chi connectivity index (χ0n) is 44.6. The SMILES string of the molecule is CC/C=C\C/C=C\C/C=C\C/C=C\C/C=C\C/C=C\CCC(=O)OC(COC(=O)CCCCCCC/C=C\CCCC)COC(=O)CCCCCCCCCCCCCCCCCCCCCC. The van der Waals surface area contributed by atoms with Crippen LogP contribution in [0.2, 0.25) is 0 Å². The van der Waals surface area contributed by atoms with Crippen molar-refractivity contribution in [3.8, 4) is 0 Å². The smallest absolute Gasteiger partial charge is 0.306 e. The molecule has 0 fully saturated rings. The van der Waals surface area contributed by atoms with E-state index in [2.05, 4.69) is 99.8 Å². The van der Waals surface area contributed by atoms with Gasteiger partial charge in [0, 0.05) is 19.3 Å². The van der Waals surface area contributed by atoms with Gasteiger partial charge in [0.1, 0.15) is 13.2 Å². The first kappa shape index (κ1) is 64.6. The van der Waals surface area contributed by atoms with Gasteiger partial charge in [-0.3, -0.25) is 14.4 Å². The van der Waals surface area contributed by atoms with Crippen molar-refractivity contribution in [3.05, 3.63) is 85.1 Å². The van der Waals surface area contributed by atoms with Gasteiger partial charge in [0.25, 0.3) is 0 Å². The number of carbonyl (C=O) groups excluding carboxylic acids is 3. The Morgan fingerprint density at radius 2 is 0.618 bits per heavy atom. The summed E-state index contributed by atoms with van der Waals surface area (Å²) in [6, 6.07) is 0. The lowest BCUT2D eigenvalue weighted by Gasteiger charge is -2.18. The highest BCUT2D eigenvalue weighted by Crippen LogP contribution is 2.16. The molecule has 0 aromatic carbocycles. The first-order valence-electron chi connectivity index (χ1n) is 28.6. The van der Waals surface area contributed by atoms with Crippen LogP contribution in [0.15, 0.2) is 85.1 Å². The lowest BCUT2D eigenvalue weighted by atomic mass is 10.0. The molecule has 0 saturated heterocycles. The molecule has 0 saturated carbocycles. The maximum atomic E-state index is 12.8. The highest BCUT2D eigenvalue weighted by atomic mass is 16.6. The molecule has 1 atom stereocenters. The Balaban J connectivity index is 4.42. The molecule has 0 spiro atoms. The van der Waals surface area contributed by atoms with Gasteiger partial charge in [-0.05, 0) is 77.0 Å². The summed E-state index contributed by atoms with van der Waals surface area (Å²) in [6.45, 7) is 6.44. The second kappa shape index (κ2) is 56.2. The van der Waals surface area contributed by atoms with E-state index in [-0.39, 0.29) is 31.6 Å². The van der Waals surface area contributed by atoms with E-state index in [0.717, 1.165) is 89.9 Å². The molecule has 1 unspecified atom stereocenters. The van der Waals surface area contributed by atoms with Crippen LogP contribution in [-0.2, 0) is 28.6 Å². The highest BCUT2D eigenvalue weighted by molar-refractivity contribution is 5.71. The Labute approximate surface area is 420 Å². The molecule has 0 aromatic heterocycles. The maximum absolute atomic E-state index is 12.8. The second-order valence-corrected chi connectivity index (χ2v) is 18.8. The van der Waals surface area contributed by atoms with Crippen molar-refractivity contribution in [1.29, 1.82) is 0 Å². The van der Waals surface area contributed by atoms with Crippen molar-refractivity contribution in [1.82, 2.24) is 0 Å². The largest absolute Gasteiger partial charge is 0.462 e. The normalized spacial score (nSPS) is 12.7. The lowest BCUT2D eigenvalue weighted by Crippen LogP contribution is -2.30. The number of allylic oxidation sites excluding steroid dienone is 14. The number of rotatable bonds is 51. The van der Waals surface area contributed by atoms with Crippen molar-refractivity contribution in [2.45, 2.75) is 277 Å². The van der Waals surface area contributed by atoms with Gasteiger partial charge >= 0.3 is 17.9 Å². The van der Waals surface area contributed by atoms with Crippen LogP contribution < -0.4 is 0 Å². The average molecular weight is 948 g/mol. The summed E-state index contributed by atoms with van der Waals surface area (Å²) in [4.78, 5) is 38.0. The summed E-state index contributed by atoms with van der Waals surface area (Å²) >= 11 is 0. The third-order valence-electron chi connectivity index (χ3n) is 12.1. The van der Waals surface area contributed by atoms with Crippen LogP contribution in [0.4, 0.5) is 0 Å². The molecule has 0 amide bonds. The minimum atomic E-state index is -0.819. The molecule has 0 aliphatic carbocycles. The van der Waals surface area contributed by atoms with Crippen LogP contribution >= 0.6 is 0 Å². The van der Waals surface area contributed by atoms with E-state index >= 15 is 0 Å². The summed E-state index contributed by atoms with van der Waals surface area (Å²) in [5.74, 6) is -0.997. The standard InChI is InChI=1S/C62H106O6/c1-4-7-10-13-16-19-22-24-26-28-30-32-33-35-37-40-43-46-49-52-55-61(64)67-58-59(57-66-60(63)54-51-48-45-42-39-21-18-15-12-9-6-3)68-62(65)56-53-50-47-44-41-38-36-34-31-29-27-25-23-20-17-14-11-8-5-2/h8,11,15,17-18,20,25,27,31,34,38,41,47,50,59H,4-7,9-10,12-14,16,19,21-24,26,28-30,32-33,35-37,39-40,42-46,48-49,51-58H2,1-3H3/b11-8-,18-15-,20-17-,27-25-,34-31-,41-38-,50-47-. The second-order valence-electron chi connectivity index (χ2n) is 18.8. The predicted molar refractivity (Wildman–Crippen MR) is 293 cm³/mol. The van der Waals surface area contributed by atoms with E-state index in [0.29, 0.717) is 19.3 Å². The van der Waals surface area contributed by atoms with Crippen molar-refractivity contribution >= 4 is 17.9 Å². The van der Waals surface area contributed by atoms with E-state index < -0.39 is 12.1 Å². The number of hydrogen-bond donors (Lipinski definition) is 0. The minimum Gasteiger partial charge on any atom is -0.462 e. The van der Waals surface area contributed by atoms with E-state index in [1.54, 1.807) is 0 Å². The molecule has 6 heteroatoms. The maximum Gasteiger partial charge on any atom is 0.306 e. The molecular formula is C62H106O6. The molecule has 390 valence electrons. The topological polar surface area (TPSA) is 78.9 Å². The summed E-state index contributed by atoms with van der Waals surface area (Å²) in [5, 5.41) is 0. The molecule has 0 aliphatic heterocycles. The number of unbranched alkanes of at least 4 members (excludes halogenated alkanes) is 26. The highest BCUT2D eigenvalue weighted by Gasteiger charge is 2.19. The Kier molecular flexibility index (Phi) is 53.4. The van der Waals surface area contributed by atoms with Gasteiger partial charge in [0.05, 0.1) is 0 Å². The summed E-state index contributed by atoms with van der Waals surface area (Å²) in [7, 11) is 0. The molecular weight excluding hydrogens is 841 g/mol.